The van der Waals surface area contributed by atoms with Crippen molar-refractivity contribution in [2.75, 3.05) is 19.7 Å². The van der Waals surface area contributed by atoms with Crippen LogP contribution in [0.15, 0.2) is 18.3 Å². The molecule has 6 nitrogen and oxygen atoms in total. The van der Waals surface area contributed by atoms with Crippen LogP contribution in [-0.4, -0.2) is 51.0 Å². The van der Waals surface area contributed by atoms with Crippen LogP contribution < -0.4 is 0 Å². The van der Waals surface area contributed by atoms with E-state index in [-0.39, 0.29) is 19.7 Å². The molecule has 0 unspecified atom stereocenters. The summed E-state index contributed by atoms with van der Waals surface area (Å²) in [6.07, 6.45) is -0.811. The lowest BCUT2D eigenvalue weighted by Crippen LogP contribution is -2.35. The van der Waals surface area contributed by atoms with Crippen molar-refractivity contribution in [3.8, 4) is 0 Å². The highest BCUT2D eigenvalue weighted by atomic mass is 35.5. The SMILES string of the molecule is O=C(O)N(CCO)C[C@@H](O)c1ccc(Cl)nc1. The summed E-state index contributed by atoms with van der Waals surface area (Å²) in [5, 5.41) is 27.6. The Bertz CT molecular complexity index is 371. The molecule has 3 N–H and O–H groups in total. The van der Waals surface area contributed by atoms with Gasteiger partial charge >= 0.3 is 6.09 Å². The first-order valence-electron chi connectivity index (χ1n) is 4.93. The van der Waals surface area contributed by atoms with Gasteiger partial charge in [-0.3, -0.25) is 0 Å². The van der Waals surface area contributed by atoms with Crippen molar-refractivity contribution in [3.05, 3.63) is 29.0 Å². The topological polar surface area (TPSA) is 93.9 Å². The van der Waals surface area contributed by atoms with Gasteiger partial charge in [-0.25, -0.2) is 9.78 Å². The molecular weight excluding hydrogens is 248 g/mol. The minimum Gasteiger partial charge on any atom is -0.465 e. The van der Waals surface area contributed by atoms with E-state index in [0.29, 0.717) is 10.7 Å². The summed E-state index contributed by atoms with van der Waals surface area (Å²) in [7, 11) is 0. The Labute approximate surface area is 103 Å². The van der Waals surface area contributed by atoms with Gasteiger partial charge in [0.1, 0.15) is 5.15 Å². The minimum atomic E-state index is -1.19. The largest absolute Gasteiger partial charge is 0.465 e. The summed E-state index contributed by atoms with van der Waals surface area (Å²) in [5.74, 6) is 0. The van der Waals surface area contributed by atoms with Crippen molar-refractivity contribution in [2.45, 2.75) is 6.10 Å². The highest BCUT2D eigenvalue weighted by molar-refractivity contribution is 6.29. The lowest BCUT2D eigenvalue weighted by Gasteiger charge is -2.21. The van der Waals surface area contributed by atoms with Gasteiger partial charge in [-0.15, -0.1) is 0 Å². The maximum absolute atomic E-state index is 10.8. The minimum absolute atomic E-state index is 0.0482. The Balaban J connectivity index is 2.66. The number of amides is 1. The number of carboxylic acid groups (broad SMARTS) is 1. The maximum atomic E-state index is 10.8. The van der Waals surface area contributed by atoms with Crippen LogP contribution in [0.5, 0.6) is 0 Å². The van der Waals surface area contributed by atoms with E-state index in [1.165, 1.54) is 12.3 Å². The van der Waals surface area contributed by atoms with Crippen LogP contribution in [-0.2, 0) is 0 Å². The molecule has 94 valence electrons. The maximum Gasteiger partial charge on any atom is 0.407 e. The van der Waals surface area contributed by atoms with Crippen molar-refractivity contribution in [2.24, 2.45) is 0 Å². The lowest BCUT2D eigenvalue weighted by atomic mass is 10.1. The Morgan fingerprint density at radius 1 is 1.53 bits per heavy atom. The van der Waals surface area contributed by atoms with Crippen molar-refractivity contribution in [1.29, 1.82) is 0 Å². The third-order valence-electron chi connectivity index (χ3n) is 2.17. The summed E-state index contributed by atoms with van der Waals surface area (Å²) in [6.45, 7) is -0.468. The fourth-order valence-electron chi connectivity index (χ4n) is 1.28. The van der Waals surface area contributed by atoms with E-state index in [0.717, 1.165) is 4.90 Å². The Morgan fingerprint density at radius 3 is 2.71 bits per heavy atom. The molecule has 0 saturated carbocycles. The molecule has 1 rings (SSSR count). The van der Waals surface area contributed by atoms with E-state index in [1.807, 2.05) is 0 Å². The molecule has 0 aliphatic heterocycles. The van der Waals surface area contributed by atoms with E-state index in [4.69, 9.17) is 21.8 Å². The first-order chi connectivity index (χ1) is 8.04. The molecule has 1 amide bonds. The number of pyridine rings is 1. The van der Waals surface area contributed by atoms with Crippen LogP contribution in [0.2, 0.25) is 5.15 Å². The number of aliphatic hydroxyl groups excluding tert-OH is 2. The molecule has 0 saturated heterocycles. The molecule has 0 aliphatic rings. The zero-order chi connectivity index (χ0) is 12.8. The normalized spacial score (nSPS) is 12.2. The average molecular weight is 261 g/mol. The van der Waals surface area contributed by atoms with E-state index >= 15 is 0 Å². The number of nitrogens with zero attached hydrogens (tertiary/aromatic N) is 2. The van der Waals surface area contributed by atoms with Gasteiger partial charge in [0.15, 0.2) is 0 Å². The molecule has 1 atom stereocenters. The zero-order valence-electron chi connectivity index (χ0n) is 8.95. The molecule has 0 aliphatic carbocycles. The van der Waals surface area contributed by atoms with Gasteiger partial charge in [0.2, 0.25) is 0 Å². The van der Waals surface area contributed by atoms with Crippen molar-refractivity contribution >= 4 is 17.7 Å². The summed E-state index contributed by atoms with van der Waals surface area (Å²) >= 11 is 5.59. The molecule has 17 heavy (non-hydrogen) atoms. The fourth-order valence-corrected chi connectivity index (χ4v) is 1.40. The molecule has 1 heterocycles. The third kappa shape index (κ3) is 4.18. The number of aliphatic hydroxyl groups is 2. The number of aromatic nitrogens is 1. The highest BCUT2D eigenvalue weighted by Crippen LogP contribution is 2.15. The van der Waals surface area contributed by atoms with E-state index in [9.17, 15) is 9.90 Å². The molecule has 0 aromatic carbocycles. The highest BCUT2D eigenvalue weighted by Gasteiger charge is 2.17. The van der Waals surface area contributed by atoms with Crippen LogP contribution in [0.3, 0.4) is 0 Å². The average Bonchev–Trinajstić information content (AvgIpc) is 2.29. The van der Waals surface area contributed by atoms with Gasteiger partial charge in [-0.2, -0.15) is 0 Å². The summed E-state index contributed by atoms with van der Waals surface area (Å²) in [6, 6.07) is 3.08. The molecule has 0 spiro atoms. The second kappa shape index (κ2) is 6.39. The van der Waals surface area contributed by atoms with Crippen LogP contribution in [0.1, 0.15) is 11.7 Å². The number of hydrogen-bond donors (Lipinski definition) is 3. The first-order valence-corrected chi connectivity index (χ1v) is 5.30. The molecule has 0 fully saturated rings. The number of hydrogen-bond acceptors (Lipinski definition) is 4. The summed E-state index contributed by atoms with van der Waals surface area (Å²) < 4.78 is 0. The standard InChI is InChI=1S/C10H13ClN2O4/c11-9-2-1-7(5-12-9)8(15)6-13(3-4-14)10(16)17/h1-2,5,8,14-15H,3-4,6H2,(H,16,17)/t8-/m1/s1. The summed E-state index contributed by atoms with van der Waals surface area (Å²) in [5.41, 5.74) is 0.471. The van der Waals surface area contributed by atoms with Gasteiger partial charge in [0, 0.05) is 18.3 Å². The second-order valence-corrected chi connectivity index (χ2v) is 3.77. The van der Waals surface area contributed by atoms with Crippen LogP contribution >= 0.6 is 11.6 Å². The van der Waals surface area contributed by atoms with Crippen molar-refractivity contribution in [1.82, 2.24) is 9.88 Å². The molecule has 1 aromatic rings. The molecular formula is C10H13ClN2O4. The van der Waals surface area contributed by atoms with Gasteiger partial charge in [0.25, 0.3) is 0 Å². The Hall–Kier alpha value is -1.37. The van der Waals surface area contributed by atoms with Crippen LogP contribution in [0.25, 0.3) is 0 Å². The monoisotopic (exact) mass is 260 g/mol. The quantitative estimate of drug-likeness (QED) is 0.679. The third-order valence-corrected chi connectivity index (χ3v) is 2.39. The first kappa shape index (κ1) is 13.7. The Morgan fingerprint density at radius 2 is 2.24 bits per heavy atom. The van der Waals surface area contributed by atoms with Gasteiger partial charge < -0.3 is 20.2 Å². The molecule has 7 heteroatoms. The van der Waals surface area contributed by atoms with Gasteiger partial charge in [-0.1, -0.05) is 17.7 Å². The van der Waals surface area contributed by atoms with Crippen LogP contribution in [0.4, 0.5) is 4.79 Å². The van der Waals surface area contributed by atoms with Gasteiger partial charge in [0.05, 0.1) is 19.3 Å². The number of rotatable bonds is 5. The molecule has 1 aromatic heterocycles. The van der Waals surface area contributed by atoms with Gasteiger partial charge in [-0.05, 0) is 6.07 Å². The predicted molar refractivity (Wildman–Crippen MR) is 60.9 cm³/mol. The number of carbonyl (C=O) groups is 1. The second-order valence-electron chi connectivity index (χ2n) is 3.38. The van der Waals surface area contributed by atoms with E-state index in [1.54, 1.807) is 6.07 Å². The van der Waals surface area contributed by atoms with Crippen LogP contribution in [0, 0.1) is 0 Å². The lowest BCUT2D eigenvalue weighted by molar-refractivity contribution is 0.0871. The van der Waals surface area contributed by atoms with E-state index in [2.05, 4.69) is 4.98 Å². The molecule has 0 radical (unpaired) electrons. The van der Waals surface area contributed by atoms with Crippen molar-refractivity contribution in [3.63, 3.8) is 0 Å². The number of halogens is 1. The predicted octanol–water partition coefficient (Wildman–Crippen LogP) is 0.741. The molecule has 0 bridgehead atoms. The fraction of sp³-hybridized carbons (Fsp3) is 0.400. The smallest absolute Gasteiger partial charge is 0.407 e. The van der Waals surface area contributed by atoms with Crippen molar-refractivity contribution < 1.29 is 20.1 Å². The zero-order valence-corrected chi connectivity index (χ0v) is 9.71. The Kier molecular flexibility index (Phi) is 5.14. The van der Waals surface area contributed by atoms with E-state index < -0.39 is 12.2 Å². The summed E-state index contributed by atoms with van der Waals surface area (Å²) in [4.78, 5) is 15.5.